The highest BCUT2D eigenvalue weighted by atomic mass is 32.2. The highest BCUT2D eigenvalue weighted by Crippen LogP contribution is 2.21. The molecule has 0 saturated carbocycles. The first-order valence-corrected chi connectivity index (χ1v) is 9.27. The molecule has 2 aromatic carbocycles. The third-order valence-corrected chi connectivity index (χ3v) is 5.56. The molecule has 0 aliphatic rings. The Balaban J connectivity index is 2.16. The van der Waals surface area contributed by atoms with E-state index in [0.717, 1.165) is 22.6 Å². The molecular weight excluding hydrogens is 310 g/mol. The van der Waals surface area contributed by atoms with Crippen LogP contribution >= 0.6 is 0 Å². The smallest absolute Gasteiger partial charge is 0.235 e. The summed E-state index contributed by atoms with van der Waals surface area (Å²) in [4.78, 5) is 0. The number of nitrogens with zero attached hydrogens (tertiary/aromatic N) is 1. The van der Waals surface area contributed by atoms with Crippen LogP contribution in [0.1, 0.15) is 18.1 Å². The van der Waals surface area contributed by atoms with E-state index in [9.17, 15) is 8.42 Å². The lowest BCUT2D eigenvalue weighted by molar-refractivity contribution is 0.414. The molecule has 0 saturated heterocycles. The van der Waals surface area contributed by atoms with Crippen molar-refractivity contribution in [2.75, 3.05) is 23.7 Å². The molecule has 0 fully saturated rings. The number of methoxy groups -OCH3 is 1. The second kappa shape index (κ2) is 7.51. The molecule has 5 heteroatoms. The van der Waals surface area contributed by atoms with Crippen molar-refractivity contribution in [3.63, 3.8) is 0 Å². The Kier molecular flexibility index (Phi) is 5.66. The molecule has 0 bridgehead atoms. The molecule has 23 heavy (non-hydrogen) atoms. The first-order chi connectivity index (χ1) is 11.0. The van der Waals surface area contributed by atoms with Crippen LogP contribution in [0.15, 0.2) is 48.5 Å². The zero-order chi connectivity index (χ0) is 16.9. The SMILES string of the molecule is CCN(c1cccc(C)c1)S(=O)(=O)CCc1cccc(OC)c1. The normalized spacial score (nSPS) is 11.3. The minimum Gasteiger partial charge on any atom is -0.497 e. The summed E-state index contributed by atoms with van der Waals surface area (Å²) in [5, 5.41) is 0. The van der Waals surface area contributed by atoms with Crippen molar-refractivity contribution in [3.8, 4) is 5.75 Å². The molecule has 0 heterocycles. The fraction of sp³-hybridized carbons (Fsp3) is 0.333. The monoisotopic (exact) mass is 333 g/mol. The van der Waals surface area contributed by atoms with Gasteiger partial charge in [-0.15, -0.1) is 0 Å². The van der Waals surface area contributed by atoms with E-state index in [1.54, 1.807) is 7.11 Å². The Bertz CT molecular complexity index is 756. The maximum absolute atomic E-state index is 12.7. The predicted octanol–water partition coefficient (Wildman–Crippen LogP) is 3.40. The summed E-state index contributed by atoms with van der Waals surface area (Å²) in [7, 11) is -1.76. The van der Waals surface area contributed by atoms with Crippen LogP contribution in [0.4, 0.5) is 5.69 Å². The van der Waals surface area contributed by atoms with E-state index in [1.165, 1.54) is 4.31 Å². The van der Waals surface area contributed by atoms with Crippen LogP contribution in [0.5, 0.6) is 5.75 Å². The molecule has 0 radical (unpaired) electrons. The summed E-state index contributed by atoms with van der Waals surface area (Å²) in [5.41, 5.74) is 2.72. The van der Waals surface area contributed by atoms with Gasteiger partial charge in [-0.25, -0.2) is 8.42 Å². The van der Waals surface area contributed by atoms with Gasteiger partial charge in [-0.1, -0.05) is 24.3 Å². The van der Waals surface area contributed by atoms with Crippen molar-refractivity contribution in [1.82, 2.24) is 0 Å². The molecule has 0 aliphatic heterocycles. The number of rotatable bonds is 7. The third kappa shape index (κ3) is 4.48. The number of anilines is 1. The van der Waals surface area contributed by atoms with Gasteiger partial charge in [-0.05, 0) is 55.7 Å². The van der Waals surface area contributed by atoms with Gasteiger partial charge in [-0.3, -0.25) is 4.31 Å². The van der Waals surface area contributed by atoms with Crippen LogP contribution in [0.25, 0.3) is 0 Å². The second-order valence-corrected chi connectivity index (χ2v) is 7.43. The summed E-state index contributed by atoms with van der Waals surface area (Å²) in [6.07, 6.45) is 0.460. The summed E-state index contributed by atoms with van der Waals surface area (Å²) < 4.78 is 32.0. The van der Waals surface area contributed by atoms with Crippen LogP contribution in [0.2, 0.25) is 0 Å². The van der Waals surface area contributed by atoms with Crippen LogP contribution in [0, 0.1) is 6.92 Å². The Labute approximate surface area is 138 Å². The first kappa shape index (κ1) is 17.3. The molecule has 2 aromatic rings. The fourth-order valence-corrected chi connectivity index (χ4v) is 4.05. The van der Waals surface area contributed by atoms with Crippen LogP contribution < -0.4 is 9.04 Å². The minimum atomic E-state index is -3.37. The van der Waals surface area contributed by atoms with Crippen molar-refractivity contribution in [2.45, 2.75) is 20.3 Å². The zero-order valence-electron chi connectivity index (χ0n) is 13.8. The third-order valence-electron chi connectivity index (χ3n) is 3.70. The lowest BCUT2D eigenvalue weighted by Gasteiger charge is -2.23. The van der Waals surface area contributed by atoms with E-state index in [-0.39, 0.29) is 5.75 Å². The molecular formula is C18H23NO3S. The lowest BCUT2D eigenvalue weighted by atomic mass is 10.2. The zero-order valence-corrected chi connectivity index (χ0v) is 14.6. The number of hydrogen-bond acceptors (Lipinski definition) is 3. The maximum Gasteiger partial charge on any atom is 0.235 e. The fourth-order valence-electron chi connectivity index (χ4n) is 2.51. The Morgan fingerprint density at radius 2 is 1.83 bits per heavy atom. The highest BCUT2D eigenvalue weighted by Gasteiger charge is 2.21. The Morgan fingerprint density at radius 3 is 2.48 bits per heavy atom. The summed E-state index contributed by atoms with van der Waals surface area (Å²) in [6.45, 7) is 4.23. The van der Waals surface area contributed by atoms with Gasteiger partial charge in [0.05, 0.1) is 18.6 Å². The second-order valence-electron chi connectivity index (χ2n) is 5.42. The van der Waals surface area contributed by atoms with Gasteiger partial charge < -0.3 is 4.74 Å². The van der Waals surface area contributed by atoms with Gasteiger partial charge >= 0.3 is 0 Å². The van der Waals surface area contributed by atoms with Gasteiger partial charge in [0.25, 0.3) is 0 Å². The van der Waals surface area contributed by atoms with Crippen molar-refractivity contribution in [2.24, 2.45) is 0 Å². The maximum atomic E-state index is 12.7. The van der Waals surface area contributed by atoms with Crippen LogP contribution in [0.3, 0.4) is 0 Å². The number of benzene rings is 2. The first-order valence-electron chi connectivity index (χ1n) is 7.66. The molecule has 124 valence electrons. The van der Waals surface area contributed by atoms with Crippen molar-refractivity contribution in [3.05, 3.63) is 59.7 Å². The van der Waals surface area contributed by atoms with Gasteiger partial charge in [0, 0.05) is 6.54 Å². The highest BCUT2D eigenvalue weighted by molar-refractivity contribution is 7.92. The molecule has 0 aromatic heterocycles. The number of ether oxygens (including phenoxy) is 1. The van der Waals surface area contributed by atoms with Crippen LogP contribution in [-0.4, -0.2) is 27.8 Å². The quantitative estimate of drug-likeness (QED) is 0.780. The van der Waals surface area contributed by atoms with Gasteiger partial charge in [0.15, 0.2) is 0 Å². The number of aryl methyl sites for hydroxylation is 2. The Morgan fingerprint density at radius 1 is 1.09 bits per heavy atom. The average molecular weight is 333 g/mol. The topological polar surface area (TPSA) is 46.6 Å². The molecule has 0 spiro atoms. The molecule has 0 amide bonds. The van der Waals surface area contributed by atoms with Crippen molar-refractivity contribution in [1.29, 1.82) is 0 Å². The van der Waals surface area contributed by atoms with E-state index in [1.807, 2.05) is 62.4 Å². The Hall–Kier alpha value is -2.01. The van der Waals surface area contributed by atoms with Gasteiger partial charge in [0.2, 0.25) is 10.0 Å². The molecule has 0 aliphatic carbocycles. The van der Waals surface area contributed by atoms with E-state index in [0.29, 0.717) is 13.0 Å². The predicted molar refractivity (Wildman–Crippen MR) is 94.7 cm³/mol. The van der Waals surface area contributed by atoms with E-state index >= 15 is 0 Å². The molecule has 4 nitrogen and oxygen atoms in total. The molecule has 0 N–H and O–H groups in total. The van der Waals surface area contributed by atoms with Gasteiger partial charge in [0.1, 0.15) is 5.75 Å². The minimum absolute atomic E-state index is 0.0714. The summed E-state index contributed by atoms with van der Waals surface area (Å²) in [5.74, 6) is 0.813. The average Bonchev–Trinajstić information content (AvgIpc) is 2.54. The summed E-state index contributed by atoms with van der Waals surface area (Å²) >= 11 is 0. The molecule has 0 unspecified atom stereocenters. The van der Waals surface area contributed by atoms with E-state index in [2.05, 4.69) is 0 Å². The lowest BCUT2D eigenvalue weighted by Crippen LogP contribution is -2.33. The number of sulfonamides is 1. The van der Waals surface area contributed by atoms with Crippen LogP contribution in [-0.2, 0) is 16.4 Å². The molecule has 0 atom stereocenters. The van der Waals surface area contributed by atoms with E-state index in [4.69, 9.17) is 4.74 Å². The van der Waals surface area contributed by atoms with E-state index < -0.39 is 10.0 Å². The van der Waals surface area contributed by atoms with Crippen molar-refractivity contribution >= 4 is 15.7 Å². The van der Waals surface area contributed by atoms with Gasteiger partial charge in [-0.2, -0.15) is 0 Å². The number of hydrogen-bond donors (Lipinski definition) is 0. The largest absolute Gasteiger partial charge is 0.497 e. The summed E-state index contributed by atoms with van der Waals surface area (Å²) in [6, 6.07) is 15.1. The molecule has 2 rings (SSSR count). The van der Waals surface area contributed by atoms with Crippen molar-refractivity contribution < 1.29 is 13.2 Å². The standard InChI is InChI=1S/C18H23NO3S/c1-4-19(17-9-5-7-15(2)13-17)23(20,21)12-11-16-8-6-10-18(14-16)22-3/h5-10,13-14H,4,11-12H2,1-3H3.